The summed E-state index contributed by atoms with van der Waals surface area (Å²) in [6, 6.07) is 3.97. The van der Waals surface area contributed by atoms with Crippen LogP contribution in [0.15, 0.2) is 36.9 Å². The lowest BCUT2D eigenvalue weighted by molar-refractivity contribution is -0.122. The van der Waals surface area contributed by atoms with E-state index in [1.165, 1.54) is 0 Å². The molecule has 2 N–H and O–H groups in total. The second-order valence-electron chi connectivity index (χ2n) is 5.94. The van der Waals surface area contributed by atoms with Gasteiger partial charge in [-0.1, -0.05) is 6.07 Å². The van der Waals surface area contributed by atoms with Crippen LogP contribution in [0.3, 0.4) is 0 Å². The number of aromatic amines is 1. The Morgan fingerprint density at radius 2 is 2.27 bits per heavy atom. The molecule has 0 saturated heterocycles. The number of nitrogens with zero attached hydrogens (tertiary/aromatic N) is 3. The number of rotatable bonds is 4. The van der Waals surface area contributed by atoms with Crippen LogP contribution in [-0.2, 0) is 16.8 Å². The molecule has 22 heavy (non-hydrogen) atoms. The highest BCUT2D eigenvalue weighted by molar-refractivity contribution is 5.79. The van der Waals surface area contributed by atoms with Crippen molar-refractivity contribution in [1.29, 1.82) is 0 Å². The SMILES string of the molecule is Cc1cccn2cc(CC(=O)NC(C)(C)c3ncc[nH]3)nc12. The fourth-order valence-electron chi connectivity index (χ4n) is 2.51. The summed E-state index contributed by atoms with van der Waals surface area (Å²) < 4.78 is 1.94. The minimum atomic E-state index is -0.546. The van der Waals surface area contributed by atoms with Crippen LogP contribution < -0.4 is 5.32 Å². The number of pyridine rings is 1. The summed E-state index contributed by atoms with van der Waals surface area (Å²) in [4.78, 5) is 24.0. The smallest absolute Gasteiger partial charge is 0.226 e. The fraction of sp³-hybridized carbons (Fsp3) is 0.312. The van der Waals surface area contributed by atoms with E-state index >= 15 is 0 Å². The van der Waals surface area contributed by atoms with E-state index in [0.29, 0.717) is 0 Å². The number of carbonyl (C=O) groups excluding carboxylic acids is 1. The van der Waals surface area contributed by atoms with Crippen molar-refractivity contribution < 1.29 is 4.79 Å². The van der Waals surface area contributed by atoms with Gasteiger partial charge >= 0.3 is 0 Å². The molecule has 0 saturated carbocycles. The summed E-state index contributed by atoms with van der Waals surface area (Å²) in [5, 5.41) is 2.98. The summed E-state index contributed by atoms with van der Waals surface area (Å²) in [6.45, 7) is 5.83. The molecule has 0 spiro atoms. The average Bonchev–Trinajstić information content (AvgIpc) is 3.06. The third-order valence-corrected chi connectivity index (χ3v) is 3.61. The normalized spacial score (nSPS) is 11.8. The van der Waals surface area contributed by atoms with Crippen molar-refractivity contribution in [1.82, 2.24) is 24.7 Å². The molecule has 1 amide bonds. The average molecular weight is 297 g/mol. The zero-order valence-corrected chi connectivity index (χ0v) is 12.9. The molecule has 0 aromatic carbocycles. The maximum absolute atomic E-state index is 12.3. The number of H-pyrrole nitrogens is 1. The lowest BCUT2D eigenvalue weighted by Crippen LogP contribution is -2.42. The Morgan fingerprint density at radius 1 is 1.45 bits per heavy atom. The van der Waals surface area contributed by atoms with Gasteiger partial charge in [-0.2, -0.15) is 0 Å². The molecule has 0 aliphatic rings. The zero-order chi connectivity index (χ0) is 15.7. The quantitative estimate of drug-likeness (QED) is 0.773. The molecular weight excluding hydrogens is 278 g/mol. The van der Waals surface area contributed by atoms with Gasteiger partial charge in [0.2, 0.25) is 5.91 Å². The first-order chi connectivity index (χ1) is 10.5. The zero-order valence-electron chi connectivity index (χ0n) is 12.9. The highest BCUT2D eigenvalue weighted by Crippen LogP contribution is 2.16. The van der Waals surface area contributed by atoms with Crippen LogP contribution in [-0.4, -0.2) is 25.3 Å². The molecule has 6 heteroatoms. The Balaban J connectivity index is 1.74. The van der Waals surface area contributed by atoms with Crippen molar-refractivity contribution in [3.63, 3.8) is 0 Å². The lowest BCUT2D eigenvalue weighted by atomic mass is 10.0. The number of amides is 1. The molecule has 6 nitrogen and oxygen atoms in total. The maximum Gasteiger partial charge on any atom is 0.226 e. The summed E-state index contributed by atoms with van der Waals surface area (Å²) >= 11 is 0. The molecule has 0 fully saturated rings. The van der Waals surface area contributed by atoms with E-state index in [9.17, 15) is 4.79 Å². The first-order valence-corrected chi connectivity index (χ1v) is 7.20. The van der Waals surface area contributed by atoms with Crippen molar-refractivity contribution in [2.24, 2.45) is 0 Å². The summed E-state index contributed by atoms with van der Waals surface area (Å²) in [7, 11) is 0. The minimum Gasteiger partial charge on any atom is -0.347 e. The Labute approximate surface area is 128 Å². The first-order valence-electron chi connectivity index (χ1n) is 7.20. The molecule has 0 aliphatic heterocycles. The number of aromatic nitrogens is 4. The molecule has 3 aromatic rings. The fourth-order valence-corrected chi connectivity index (χ4v) is 2.51. The number of fused-ring (bicyclic) bond motifs is 1. The van der Waals surface area contributed by atoms with E-state index < -0.39 is 5.54 Å². The molecule has 0 aliphatic carbocycles. The van der Waals surface area contributed by atoms with Gasteiger partial charge in [-0.3, -0.25) is 4.79 Å². The predicted molar refractivity (Wildman–Crippen MR) is 83.4 cm³/mol. The summed E-state index contributed by atoms with van der Waals surface area (Å²) in [5.41, 5.74) is 2.18. The maximum atomic E-state index is 12.3. The molecule has 114 valence electrons. The van der Waals surface area contributed by atoms with Crippen LogP contribution in [0, 0.1) is 6.92 Å². The van der Waals surface area contributed by atoms with Crippen LogP contribution in [0.25, 0.3) is 5.65 Å². The topological polar surface area (TPSA) is 75.1 Å². The van der Waals surface area contributed by atoms with Gasteiger partial charge in [-0.25, -0.2) is 9.97 Å². The largest absolute Gasteiger partial charge is 0.347 e. The van der Waals surface area contributed by atoms with Gasteiger partial charge in [-0.05, 0) is 32.4 Å². The van der Waals surface area contributed by atoms with Crippen LogP contribution >= 0.6 is 0 Å². The van der Waals surface area contributed by atoms with E-state index in [0.717, 1.165) is 22.7 Å². The van der Waals surface area contributed by atoms with Crippen LogP contribution in [0.5, 0.6) is 0 Å². The third kappa shape index (κ3) is 2.72. The highest BCUT2D eigenvalue weighted by atomic mass is 16.1. The van der Waals surface area contributed by atoms with Crippen molar-refractivity contribution in [3.05, 3.63) is 54.0 Å². The summed E-state index contributed by atoms with van der Waals surface area (Å²) in [6.07, 6.45) is 7.48. The molecule has 0 unspecified atom stereocenters. The van der Waals surface area contributed by atoms with Crippen LogP contribution in [0.1, 0.15) is 30.9 Å². The van der Waals surface area contributed by atoms with E-state index in [1.807, 2.05) is 49.7 Å². The monoisotopic (exact) mass is 297 g/mol. The number of hydrogen-bond acceptors (Lipinski definition) is 3. The molecule has 0 atom stereocenters. The number of aryl methyl sites for hydroxylation is 1. The predicted octanol–water partition coefficient (Wildman–Crippen LogP) is 1.96. The van der Waals surface area contributed by atoms with Gasteiger partial charge in [0.05, 0.1) is 17.7 Å². The van der Waals surface area contributed by atoms with E-state index in [1.54, 1.807) is 12.4 Å². The van der Waals surface area contributed by atoms with Crippen LogP contribution in [0.4, 0.5) is 0 Å². The second-order valence-corrected chi connectivity index (χ2v) is 5.94. The van der Waals surface area contributed by atoms with Gasteiger partial charge in [-0.15, -0.1) is 0 Å². The molecule has 3 rings (SSSR count). The number of nitrogens with one attached hydrogen (secondary N) is 2. The number of carbonyl (C=O) groups is 1. The summed E-state index contributed by atoms with van der Waals surface area (Å²) in [5.74, 6) is 0.647. The van der Waals surface area contributed by atoms with Crippen LogP contribution in [0.2, 0.25) is 0 Å². The second kappa shape index (κ2) is 5.29. The van der Waals surface area contributed by atoms with Gasteiger partial charge in [0.1, 0.15) is 11.5 Å². The number of imidazole rings is 2. The third-order valence-electron chi connectivity index (χ3n) is 3.61. The highest BCUT2D eigenvalue weighted by Gasteiger charge is 2.25. The lowest BCUT2D eigenvalue weighted by Gasteiger charge is -2.23. The Morgan fingerprint density at radius 3 is 2.95 bits per heavy atom. The molecular formula is C16H19N5O. The number of hydrogen-bond donors (Lipinski definition) is 2. The van der Waals surface area contributed by atoms with Crippen molar-refractivity contribution >= 4 is 11.6 Å². The van der Waals surface area contributed by atoms with Crippen molar-refractivity contribution in [2.45, 2.75) is 32.7 Å². The van der Waals surface area contributed by atoms with Gasteiger partial charge < -0.3 is 14.7 Å². The Kier molecular flexibility index (Phi) is 3.44. The van der Waals surface area contributed by atoms with Gasteiger partial charge in [0.25, 0.3) is 0 Å². The van der Waals surface area contributed by atoms with E-state index in [2.05, 4.69) is 20.3 Å². The van der Waals surface area contributed by atoms with Gasteiger partial charge in [0, 0.05) is 24.8 Å². The molecule has 0 bridgehead atoms. The first kappa shape index (κ1) is 14.3. The molecule has 3 heterocycles. The van der Waals surface area contributed by atoms with Gasteiger partial charge in [0.15, 0.2) is 0 Å². The standard InChI is InChI=1S/C16H19N5O/c1-11-5-4-8-21-10-12(19-14(11)21)9-13(22)20-16(2,3)15-17-6-7-18-15/h4-8,10H,9H2,1-3H3,(H,17,18)(H,20,22). The molecule has 3 aromatic heterocycles. The Hall–Kier alpha value is -2.63. The van der Waals surface area contributed by atoms with Crippen molar-refractivity contribution in [2.75, 3.05) is 0 Å². The minimum absolute atomic E-state index is 0.0811. The Bertz CT molecular complexity index is 801. The van der Waals surface area contributed by atoms with Crippen molar-refractivity contribution in [3.8, 4) is 0 Å². The molecule has 0 radical (unpaired) electrons. The van der Waals surface area contributed by atoms with E-state index in [-0.39, 0.29) is 12.3 Å². The van der Waals surface area contributed by atoms with E-state index in [4.69, 9.17) is 0 Å².